The van der Waals surface area contributed by atoms with Crippen LogP contribution < -0.4 is 5.56 Å². The molecule has 7 heteroatoms. The smallest absolute Gasteiger partial charge is 0.262 e. The highest BCUT2D eigenvalue weighted by molar-refractivity contribution is 7.98. The molecule has 4 aromatic rings. The van der Waals surface area contributed by atoms with Gasteiger partial charge in [-0.25, -0.2) is 9.37 Å². The SMILES string of the molecule is COCc1cccc2nc(SCc3ccc(C(=O)c4ccc(F)cc4)cc3)n(C)c(=O)c12. The molecule has 0 amide bonds. The third kappa shape index (κ3) is 4.49. The van der Waals surface area contributed by atoms with E-state index in [2.05, 4.69) is 4.98 Å². The Morgan fingerprint density at radius 1 is 1.03 bits per heavy atom. The van der Waals surface area contributed by atoms with Crippen LogP contribution in [0.25, 0.3) is 10.9 Å². The molecule has 5 nitrogen and oxygen atoms in total. The molecule has 0 aliphatic heterocycles. The standard InChI is InChI=1S/C25H21FN2O3S/c1-28-24(30)22-19(14-31-2)4-3-5-21(22)27-25(28)32-15-16-6-8-17(9-7-16)23(29)18-10-12-20(26)13-11-18/h3-13H,14-15H2,1-2H3. The maximum atomic E-state index is 13.1. The van der Waals surface area contributed by atoms with E-state index in [4.69, 9.17) is 4.74 Å². The number of ether oxygens (including phenoxy) is 1. The van der Waals surface area contributed by atoms with E-state index in [0.717, 1.165) is 11.1 Å². The number of carbonyl (C=O) groups excluding carboxylic acids is 1. The molecule has 0 bridgehead atoms. The molecule has 0 radical (unpaired) electrons. The van der Waals surface area contributed by atoms with Gasteiger partial charge < -0.3 is 4.74 Å². The third-order valence-corrected chi connectivity index (χ3v) is 6.24. The van der Waals surface area contributed by atoms with Crippen molar-refractivity contribution >= 4 is 28.4 Å². The van der Waals surface area contributed by atoms with Crippen molar-refractivity contribution < 1.29 is 13.9 Å². The van der Waals surface area contributed by atoms with Gasteiger partial charge in [0.05, 0.1) is 17.5 Å². The third-order valence-electron chi connectivity index (χ3n) is 5.14. The lowest BCUT2D eigenvalue weighted by Gasteiger charge is -2.11. The molecular formula is C25H21FN2O3S. The van der Waals surface area contributed by atoms with Gasteiger partial charge in [-0.3, -0.25) is 14.2 Å². The molecule has 0 N–H and O–H groups in total. The molecule has 162 valence electrons. The van der Waals surface area contributed by atoms with Crippen molar-refractivity contribution in [3.05, 3.63) is 105 Å². The average molecular weight is 449 g/mol. The van der Waals surface area contributed by atoms with Crippen LogP contribution in [-0.2, 0) is 24.1 Å². The van der Waals surface area contributed by atoms with Crippen LogP contribution in [0.15, 0.2) is 76.7 Å². The molecular weight excluding hydrogens is 427 g/mol. The second kappa shape index (κ2) is 9.46. The summed E-state index contributed by atoms with van der Waals surface area (Å²) in [4.78, 5) is 30.1. The Kier molecular flexibility index (Phi) is 6.48. The largest absolute Gasteiger partial charge is 0.380 e. The van der Waals surface area contributed by atoms with Crippen molar-refractivity contribution in [3.63, 3.8) is 0 Å². The molecule has 1 heterocycles. The van der Waals surface area contributed by atoms with E-state index >= 15 is 0 Å². The minimum absolute atomic E-state index is 0.106. The minimum atomic E-state index is -0.374. The first kappa shape index (κ1) is 21.9. The van der Waals surface area contributed by atoms with E-state index in [1.165, 1.54) is 36.0 Å². The van der Waals surface area contributed by atoms with Crippen LogP contribution in [0, 0.1) is 5.82 Å². The molecule has 3 aromatic carbocycles. The van der Waals surface area contributed by atoms with Gasteiger partial charge in [0.2, 0.25) is 0 Å². The number of halogens is 1. The number of hydrogen-bond donors (Lipinski definition) is 0. The van der Waals surface area contributed by atoms with Crippen LogP contribution in [-0.4, -0.2) is 22.4 Å². The molecule has 0 saturated carbocycles. The predicted molar refractivity (Wildman–Crippen MR) is 124 cm³/mol. The Labute approximate surface area is 188 Å². The number of ketones is 1. The number of methoxy groups -OCH3 is 1. The molecule has 0 atom stereocenters. The van der Waals surface area contributed by atoms with Crippen molar-refractivity contribution in [3.8, 4) is 0 Å². The summed E-state index contributed by atoms with van der Waals surface area (Å²) in [5, 5.41) is 1.19. The van der Waals surface area contributed by atoms with Gasteiger partial charge >= 0.3 is 0 Å². The van der Waals surface area contributed by atoms with E-state index in [9.17, 15) is 14.0 Å². The van der Waals surface area contributed by atoms with Crippen molar-refractivity contribution in [2.45, 2.75) is 17.5 Å². The summed E-state index contributed by atoms with van der Waals surface area (Å²) in [5.74, 6) is 0.0596. The Morgan fingerprint density at radius 3 is 2.34 bits per heavy atom. The predicted octanol–water partition coefficient (Wildman–Crippen LogP) is 4.74. The number of hydrogen-bond acceptors (Lipinski definition) is 5. The van der Waals surface area contributed by atoms with Crippen LogP contribution in [0.1, 0.15) is 27.0 Å². The van der Waals surface area contributed by atoms with Crippen LogP contribution in [0.4, 0.5) is 4.39 Å². The Hall–Kier alpha value is -3.29. The topological polar surface area (TPSA) is 61.2 Å². The van der Waals surface area contributed by atoms with Gasteiger partial charge in [0.1, 0.15) is 5.82 Å². The molecule has 0 unspecified atom stereocenters. The number of nitrogens with zero attached hydrogens (tertiary/aromatic N) is 2. The second-order valence-electron chi connectivity index (χ2n) is 7.32. The molecule has 1 aromatic heterocycles. The minimum Gasteiger partial charge on any atom is -0.380 e. The van der Waals surface area contributed by atoms with Gasteiger partial charge in [0.25, 0.3) is 5.56 Å². The Balaban J connectivity index is 1.52. The highest BCUT2D eigenvalue weighted by Crippen LogP contribution is 2.23. The second-order valence-corrected chi connectivity index (χ2v) is 8.27. The summed E-state index contributed by atoms with van der Waals surface area (Å²) in [7, 11) is 3.31. The normalized spacial score (nSPS) is 11.1. The van der Waals surface area contributed by atoms with Gasteiger partial charge in [-0.2, -0.15) is 0 Å². The average Bonchev–Trinajstić information content (AvgIpc) is 2.81. The summed E-state index contributed by atoms with van der Waals surface area (Å²) in [6.07, 6.45) is 0. The number of thioether (sulfide) groups is 1. The maximum absolute atomic E-state index is 13.1. The molecule has 0 fully saturated rings. The fourth-order valence-corrected chi connectivity index (χ4v) is 4.36. The summed E-state index contributed by atoms with van der Waals surface area (Å²) in [6.45, 7) is 0.351. The van der Waals surface area contributed by atoms with Gasteiger partial charge in [-0.15, -0.1) is 0 Å². The number of rotatable bonds is 7. The quantitative estimate of drug-likeness (QED) is 0.232. The zero-order valence-electron chi connectivity index (χ0n) is 17.7. The lowest BCUT2D eigenvalue weighted by atomic mass is 10.0. The van der Waals surface area contributed by atoms with Gasteiger partial charge in [-0.1, -0.05) is 48.2 Å². The van der Waals surface area contributed by atoms with Gasteiger partial charge in [0, 0.05) is 31.0 Å². The van der Waals surface area contributed by atoms with Crippen LogP contribution >= 0.6 is 11.8 Å². The first-order valence-electron chi connectivity index (χ1n) is 9.97. The van der Waals surface area contributed by atoms with E-state index < -0.39 is 0 Å². The molecule has 4 rings (SSSR count). The fourth-order valence-electron chi connectivity index (χ4n) is 3.43. The van der Waals surface area contributed by atoms with Gasteiger partial charge in [0.15, 0.2) is 10.9 Å². The van der Waals surface area contributed by atoms with Crippen molar-refractivity contribution in [1.82, 2.24) is 9.55 Å². The molecule has 32 heavy (non-hydrogen) atoms. The molecule has 0 spiro atoms. The Bertz CT molecular complexity index is 1330. The van der Waals surface area contributed by atoms with Crippen LogP contribution in [0.5, 0.6) is 0 Å². The number of fused-ring (bicyclic) bond motifs is 1. The van der Waals surface area contributed by atoms with E-state index in [1.807, 2.05) is 30.3 Å². The molecule has 0 aliphatic carbocycles. The monoisotopic (exact) mass is 448 g/mol. The highest BCUT2D eigenvalue weighted by atomic mass is 32.2. The first-order chi connectivity index (χ1) is 15.5. The fraction of sp³-hybridized carbons (Fsp3) is 0.160. The van der Waals surface area contributed by atoms with Crippen LogP contribution in [0.2, 0.25) is 0 Å². The summed E-state index contributed by atoms with van der Waals surface area (Å²) < 4.78 is 19.8. The van der Waals surface area contributed by atoms with E-state index in [0.29, 0.717) is 39.5 Å². The summed E-state index contributed by atoms with van der Waals surface area (Å²) in [6, 6.07) is 18.3. The summed E-state index contributed by atoms with van der Waals surface area (Å²) >= 11 is 1.45. The number of benzene rings is 3. The Morgan fingerprint density at radius 2 is 1.69 bits per heavy atom. The van der Waals surface area contributed by atoms with Crippen molar-refractivity contribution in [2.75, 3.05) is 7.11 Å². The maximum Gasteiger partial charge on any atom is 0.262 e. The zero-order valence-corrected chi connectivity index (χ0v) is 18.5. The highest BCUT2D eigenvalue weighted by Gasteiger charge is 2.13. The number of aromatic nitrogens is 2. The van der Waals surface area contributed by atoms with Crippen LogP contribution in [0.3, 0.4) is 0 Å². The number of carbonyl (C=O) groups is 1. The first-order valence-corrected chi connectivity index (χ1v) is 11.0. The summed E-state index contributed by atoms with van der Waals surface area (Å²) in [5.41, 5.74) is 3.32. The van der Waals surface area contributed by atoms with Crippen molar-refractivity contribution in [2.24, 2.45) is 7.05 Å². The van der Waals surface area contributed by atoms with E-state index in [1.54, 1.807) is 30.9 Å². The lowest BCUT2D eigenvalue weighted by molar-refractivity contribution is 0.103. The lowest BCUT2D eigenvalue weighted by Crippen LogP contribution is -2.21. The molecule has 0 saturated heterocycles. The van der Waals surface area contributed by atoms with Crippen molar-refractivity contribution in [1.29, 1.82) is 0 Å². The van der Waals surface area contributed by atoms with Gasteiger partial charge in [-0.05, 0) is 41.5 Å². The van der Waals surface area contributed by atoms with E-state index in [-0.39, 0.29) is 17.2 Å². The zero-order chi connectivity index (χ0) is 22.7. The molecule has 0 aliphatic rings.